The zero-order valence-electron chi connectivity index (χ0n) is 24.2. The predicted molar refractivity (Wildman–Crippen MR) is 163 cm³/mol. The second-order valence-corrected chi connectivity index (χ2v) is 10.7. The number of hydrogen-bond acceptors (Lipinski definition) is 6. The van der Waals surface area contributed by atoms with Crippen molar-refractivity contribution in [1.29, 1.82) is 0 Å². The number of nitrogens with one attached hydrogen (secondary N) is 2. The number of esters is 1. The van der Waals surface area contributed by atoms with E-state index >= 15 is 0 Å². The van der Waals surface area contributed by atoms with Crippen molar-refractivity contribution in [2.45, 2.75) is 104 Å². The molecule has 0 spiro atoms. The van der Waals surface area contributed by atoms with Crippen molar-refractivity contribution in [2.75, 3.05) is 18.8 Å². The van der Waals surface area contributed by atoms with Crippen LogP contribution in [0.2, 0.25) is 5.02 Å². The maximum atomic E-state index is 11.9. The summed E-state index contributed by atoms with van der Waals surface area (Å²) in [6.07, 6.45) is 21.2. The Balaban J connectivity index is 1.14. The minimum absolute atomic E-state index is 0.0557. The summed E-state index contributed by atoms with van der Waals surface area (Å²) in [6, 6.07) is 7.68. The van der Waals surface area contributed by atoms with Crippen molar-refractivity contribution in [3.8, 4) is 11.4 Å². The lowest BCUT2D eigenvalue weighted by molar-refractivity contribution is -0.155. The highest BCUT2D eigenvalue weighted by Gasteiger charge is 2.13. The van der Waals surface area contributed by atoms with Gasteiger partial charge in [-0.05, 0) is 63.3 Å². The number of nitrogens with zero attached hydrogens (tertiary/aromatic N) is 3. The van der Waals surface area contributed by atoms with E-state index in [1.54, 1.807) is 4.63 Å². The maximum Gasteiger partial charge on any atom is 0.307 e. The molecule has 9 heteroatoms. The monoisotopic (exact) mass is 571 g/mol. The van der Waals surface area contributed by atoms with Crippen LogP contribution in [-0.2, 0) is 14.3 Å². The number of carbonyl (C=O) groups excluding carboxylic acids is 1. The highest BCUT2D eigenvalue weighted by molar-refractivity contribution is 6.34. The van der Waals surface area contributed by atoms with E-state index in [0.29, 0.717) is 22.9 Å². The second kappa shape index (κ2) is 18.5. The molecule has 0 aliphatic rings. The number of unbranched alkanes of at least 4 members (excludes halogenated alkanes) is 11. The average molecular weight is 572 g/mol. The summed E-state index contributed by atoms with van der Waals surface area (Å²) < 4.78 is 12.1. The van der Waals surface area contributed by atoms with Gasteiger partial charge in [-0.3, -0.25) is 9.89 Å². The first-order valence-electron chi connectivity index (χ1n) is 14.9. The molecule has 2 aromatic heterocycles. The number of H-pyrrole nitrogens is 1. The highest BCUT2D eigenvalue weighted by Crippen LogP contribution is 2.24. The Morgan fingerprint density at radius 2 is 1.62 bits per heavy atom. The van der Waals surface area contributed by atoms with Crippen LogP contribution in [0.3, 0.4) is 0 Å². The van der Waals surface area contributed by atoms with Gasteiger partial charge in [0.2, 0.25) is 0 Å². The van der Waals surface area contributed by atoms with Crippen LogP contribution in [0.15, 0.2) is 36.4 Å². The molecule has 220 valence electrons. The summed E-state index contributed by atoms with van der Waals surface area (Å²) in [5.74, 6) is 0.384. The van der Waals surface area contributed by atoms with Crippen LogP contribution in [0, 0.1) is 6.92 Å². The third-order valence-corrected chi connectivity index (χ3v) is 7.33. The molecule has 3 aromatic rings. The summed E-state index contributed by atoms with van der Waals surface area (Å²) in [7, 11) is 0. The van der Waals surface area contributed by atoms with Gasteiger partial charge in [0, 0.05) is 17.7 Å². The lowest BCUT2D eigenvalue weighted by Crippen LogP contribution is -2.12. The van der Waals surface area contributed by atoms with Gasteiger partial charge in [-0.25, -0.2) is 4.98 Å². The Hall–Kier alpha value is -2.84. The summed E-state index contributed by atoms with van der Waals surface area (Å²) in [4.78, 5) is 16.4. The Labute approximate surface area is 243 Å². The third kappa shape index (κ3) is 11.3. The number of hydrogen-bond donors (Lipinski definition) is 2. The normalized spacial score (nSPS) is 11.6. The van der Waals surface area contributed by atoms with Gasteiger partial charge < -0.3 is 14.8 Å². The number of aromatic amines is 1. The van der Waals surface area contributed by atoms with Crippen LogP contribution in [0.5, 0.6) is 0 Å². The predicted octanol–water partition coefficient (Wildman–Crippen LogP) is 8.61. The van der Waals surface area contributed by atoms with E-state index in [1.165, 1.54) is 64.2 Å². The molecule has 0 saturated carbocycles. The molecule has 3 rings (SSSR count). The van der Waals surface area contributed by atoms with Crippen LogP contribution < -0.4 is 5.32 Å². The lowest BCUT2D eigenvalue weighted by Gasteiger charge is -2.09. The van der Waals surface area contributed by atoms with Gasteiger partial charge in [0.1, 0.15) is 11.8 Å². The highest BCUT2D eigenvalue weighted by atomic mass is 35.5. The Kier molecular flexibility index (Phi) is 14.7. The molecule has 2 N–H and O–H groups in total. The number of allylic oxidation sites excluding steroid dienone is 2. The van der Waals surface area contributed by atoms with Gasteiger partial charge in [0.25, 0.3) is 0 Å². The van der Waals surface area contributed by atoms with Crippen molar-refractivity contribution in [3.63, 3.8) is 0 Å². The number of aryl methyl sites for hydroxylation is 1. The molecule has 40 heavy (non-hydrogen) atoms. The first-order chi connectivity index (χ1) is 19.6. The third-order valence-electron chi connectivity index (χ3n) is 6.87. The topological polar surface area (TPSA) is 93.5 Å². The van der Waals surface area contributed by atoms with Crippen molar-refractivity contribution >= 4 is 28.9 Å². The molecule has 0 aliphatic heterocycles. The standard InChI is InChI=1S/C31H46ClN5O3/c1-3-4-5-6-7-8-9-10-11-12-13-14-15-16-17-18-28(38)40-24-39-23-33-27-21-19-26(20-22-27)30-34-31-29(32)25(2)35-37(31)36-30/h10-11,19-22,33,35H,3-9,12-18,23-24H2,1-2H3. The Morgan fingerprint density at radius 3 is 2.30 bits per heavy atom. The second-order valence-electron chi connectivity index (χ2n) is 10.3. The van der Waals surface area contributed by atoms with Crippen molar-refractivity contribution in [3.05, 3.63) is 47.1 Å². The van der Waals surface area contributed by atoms with Gasteiger partial charge in [-0.1, -0.05) is 82.0 Å². The first-order valence-corrected chi connectivity index (χ1v) is 15.3. The van der Waals surface area contributed by atoms with Crippen LogP contribution in [0.25, 0.3) is 17.0 Å². The van der Waals surface area contributed by atoms with Crippen LogP contribution >= 0.6 is 11.6 Å². The Morgan fingerprint density at radius 1 is 0.975 bits per heavy atom. The van der Waals surface area contributed by atoms with E-state index < -0.39 is 0 Å². The van der Waals surface area contributed by atoms with E-state index in [2.05, 4.69) is 39.6 Å². The molecule has 2 heterocycles. The molecule has 1 aromatic carbocycles. The van der Waals surface area contributed by atoms with Gasteiger partial charge in [-0.2, -0.15) is 4.63 Å². The molecule has 0 aliphatic carbocycles. The molecular weight excluding hydrogens is 526 g/mol. The number of ether oxygens (including phenoxy) is 2. The molecule has 0 saturated heterocycles. The van der Waals surface area contributed by atoms with Crippen molar-refractivity contribution in [1.82, 2.24) is 19.8 Å². The average Bonchev–Trinajstić information content (AvgIpc) is 3.49. The van der Waals surface area contributed by atoms with Gasteiger partial charge in [0.05, 0.1) is 5.69 Å². The number of rotatable bonds is 21. The summed E-state index contributed by atoms with van der Waals surface area (Å²) >= 11 is 6.24. The number of halogens is 1. The summed E-state index contributed by atoms with van der Waals surface area (Å²) in [6.45, 7) is 4.32. The van der Waals surface area contributed by atoms with Gasteiger partial charge in [-0.15, -0.1) is 5.10 Å². The van der Waals surface area contributed by atoms with Crippen molar-refractivity contribution in [2.24, 2.45) is 0 Å². The zero-order chi connectivity index (χ0) is 28.4. The molecule has 0 fully saturated rings. The number of benzene rings is 1. The molecule has 8 nitrogen and oxygen atoms in total. The van der Waals surface area contributed by atoms with Crippen LogP contribution in [0.1, 0.15) is 103 Å². The van der Waals surface area contributed by atoms with E-state index in [0.717, 1.165) is 36.2 Å². The molecule has 0 amide bonds. The Bertz CT molecular complexity index is 1160. The number of carbonyl (C=O) groups is 1. The summed E-state index contributed by atoms with van der Waals surface area (Å²) in [5, 5.41) is 11.2. The lowest BCUT2D eigenvalue weighted by atomic mass is 10.1. The molecule has 0 radical (unpaired) electrons. The summed E-state index contributed by atoms with van der Waals surface area (Å²) in [5.41, 5.74) is 3.19. The molecule has 0 unspecified atom stereocenters. The SMILES string of the molecule is CCCCCCCCC=CCCCCCCCC(=O)OCOCNc1ccc(-c2nc3c(Cl)c(C)[nH]n3n2)cc1. The largest absolute Gasteiger partial charge is 0.438 e. The zero-order valence-corrected chi connectivity index (χ0v) is 25.0. The minimum atomic E-state index is -0.207. The number of fused-ring (bicyclic) bond motifs is 1. The first kappa shape index (κ1) is 31.7. The van der Waals surface area contributed by atoms with Crippen LogP contribution in [-0.4, -0.2) is 39.3 Å². The van der Waals surface area contributed by atoms with Gasteiger partial charge in [0.15, 0.2) is 18.3 Å². The van der Waals surface area contributed by atoms with E-state index in [4.69, 9.17) is 21.1 Å². The quantitative estimate of drug-likeness (QED) is 0.0575. The molecular formula is C31H46ClN5O3. The van der Waals surface area contributed by atoms with Gasteiger partial charge >= 0.3 is 5.97 Å². The number of aromatic nitrogens is 4. The van der Waals surface area contributed by atoms with Crippen molar-refractivity contribution < 1.29 is 14.3 Å². The molecule has 0 bridgehead atoms. The van der Waals surface area contributed by atoms with E-state index in [-0.39, 0.29) is 19.5 Å². The smallest absolute Gasteiger partial charge is 0.307 e. The van der Waals surface area contributed by atoms with E-state index in [9.17, 15) is 4.79 Å². The minimum Gasteiger partial charge on any atom is -0.438 e. The maximum absolute atomic E-state index is 11.9. The fourth-order valence-electron chi connectivity index (χ4n) is 4.46. The van der Waals surface area contributed by atoms with Crippen LogP contribution in [0.4, 0.5) is 5.69 Å². The fraction of sp³-hybridized carbons (Fsp3) is 0.581. The molecule has 0 atom stereocenters. The fourth-order valence-corrected chi connectivity index (χ4v) is 4.63. The van der Waals surface area contributed by atoms with E-state index in [1.807, 2.05) is 31.2 Å². The number of anilines is 1.